The number of amides is 1. The van der Waals surface area contributed by atoms with Gasteiger partial charge in [0.1, 0.15) is 5.75 Å². The Morgan fingerprint density at radius 1 is 1.18 bits per heavy atom. The first-order valence-corrected chi connectivity index (χ1v) is 8.38. The van der Waals surface area contributed by atoms with Crippen LogP contribution in [-0.4, -0.2) is 37.0 Å². The van der Waals surface area contributed by atoms with Gasteiger partial charge in [0.05, 0.1) is 7.11 Å². The van der Waals surface area contributed by atoms with E-state index in [9.17, 15) is 4.79 Å². The summed E-state index contributed by atoms with van der Waals surface area (Å²) in [6.45, 7) is 2.96. The second kappa shape index (κ2) is 7.14. The zero-order valence-electron chi connectivity index (χ0n) is 13.4. The Balaban J connectivity index is 1.37. The van der Waals surface area contributed by atoms with Gasteiger partial charge < -0.3 is 15.0 Å². The normalized spacial score (nSPS) is 19.9. The lowest BCUT2D eigenvalue weighted by Crippen LogP contribution is -2.37. The molecule has 1 amide bonds. The van der Waals surface area contributed by atoms with E-state index in [4.69, 9.17) is 4.74 Å². The summed E-state index contributed by atoms with van der Waals surface area (Å²) in [6, 6.07) is 8.70. The number of methoxy groups -OCH3 is 1. The Kier molecular flexibility index (Phi) is 4.98. The third kappa shape index (κ3) is 4.23. The van der Waals surface area contributed by atoms with Crippen LogP contribution in [0.2, 0.25) is 0 Å². The van der Waals surface area contributed by atoms with Crippen LogP contribution in [0.5, 0.6) is 5.75 Å². The van der Waals surface area contributed by atoms with E-state index < -0.39 is 0 Å². The smallest absolute Gasteiger partial charge is 0.220 e. The van der Waals surface area contributed by atoms with Crippen LogP contribution in [-0.2, 0) is 11.3 Å². The number of piperidine rings is 1. The Labute approximate surface area is 132 Å². The first-order chi connectivity index (χ1) is 10.7. The molecule has 1 aliphatic heterocycles. The van der Waals surface area contributed by atoms with Crippen molar-refractivity contribution >= 4 is 5.91 Å². The minimum Gasteiger partial charge on any atom is -0.497 e. The van der Waals surface area contributed by atoms with Gasteiger partial charge in [-0.1, -0.05) is 12.1 Å². The molecule has 1 N–H and O–H groups in total. The van der Waals surface area contributed by atoms with Gasteiger partial charge in [-0.15, -0.1) is 0 Å². The van der Waals surface area contributed by atoms with Crippen LogP contribution in [0.1, 0.15) is 37.7 Å². The van der Waals surface area contributed by atoms with Crippen molar-refractivity contribution in [1.29, 1.82) is 0 Å². The summed E-state index contributed by atoms with van der Waals surface area (Å²) in [7, 11) is 1.66. The number of rotatable bonds is 6. The minimum atomic E-state index is 0.181. The standard InChI is InChI=1S/C18H26N2O2/c1-22-17-6-2-15(3-7-17)13-19-18(21)12-14-8-10-20(11-9-14)16-4-5-16/h2-3,6-7,14,16H,4-5,8-13H2,1H3,(H,19,21). The molecule has 1 saturated heterocycles. The number of benzene rings is 1. The predicted octanol–water partition coefficient (Wildman–Crippen LogP) is 2.58. The molecule has 0 spiro atoms. The van der Waals surface area contributed by atoms with E-state index in [0.717, 1.165) is 17.4 Å². The van der Waals surface area contributed by atoms with Crippen molar-refractivity contribution in [2.45, 2.75) is 44.7 Å². The molecule has 1 saturated carbocycles. The highest BCUT2D eigenvalue weighted by atomic mass is 16.5. The van der Waals surface area contributed by atoms with Crippen molar-refractivity contribution in [3.05, 3.63) is 29.8 Å². The van der Waals surface area contributed by atoms with Gasteiger partial charge in [-0.2, -0.15) is 0 Å². The summed E-state index contributed by atoms with van der Waals surface area (Å²) in [6.07, 6.45) is 5.79. The van der Waals surface area contributed by atoms with Crippen molar-refractivity contribution in [2.24, 2.45) is 5.92 Å². The fraction of sp³-hybridized carbons (Fsp3) is 0.611. The van der Waals surface area contributed by atoms with Crippen molar-refractivity contribution in [1.82, 2.24) is 10.2 Å². The van der Waals surface area contributed by atoms with Crippen molar-refractivity contribution < 1.29 is 9.53 Å². The molecule has 0 unspecified atom stereocenters. The van der Waals surface area contributed by atoms with Crippen LogP contribution in [0, 0.1) is 5.92 Å². The van der Waals surface area contributed by atoms with Gasteiger partial charge >= 0.3 is 0 Å². The van der Waals surface area contributed by atoms with E-state index in [1.807, 2.05) is 24.3 Å². The molecule has 0 aromatic heterocycles. The SMILES string of the molecule is COc1ccc(CNC(=O)CC2CCN(C3CC3)CC2)cc1. The molecular formula is C18H26N2O2. The summed E-state index contributed by atoms with van der Waals surface area (Å²) in [5, 5.41) is 3.04. The number of nitrogens with one attached hydrogen (secondary N) is 1. The molecule has 1 aliphatic carbocycles. The van der Waals surface area contributed by atoms with E-state index in [1.54, 1.807) is 7.11 Å². The molecule has 4 nitrogen and oxygen atoms in total. The van der Waals surface area contributed by atoms with Gasteiger partial charge in [-0.25, -0.2) is 0 Å². The Bertz CT molecular complexity index is 488. The molecule has 120 valence electrons. The van der Waals surface area contributed by atoms with Gasteiger partial charge in [-0.05, 0) is 62.4 Å². The average molecular weight is 302 g/mol. The molecule has 2 fully saturated rings. The van der Waals surface area contributed by atoms with Gasteiger partial charge in [0, 0.05) is 19.0 Å². The number of likely N-dealkylation sites (tertiary alicyclic amines) is 1. The van der Waals surface area contributed by atoms with Crippen LogP contribution in [0.15, 0.2) is 24.3 Å². The summed E-state index contributed by atoms with van der Waals surface area (Å²) < 4.78 is 5.13. The maximum atomic E-state index is 12.1. The second-order valence-electron chi connectivity index (χ2n) is 6.54. The van der Waals surface area contributed by atoms with Gasteiger partial charge in [0.2, 0.25) is 5.91 Å². The topological polar surface area (TPSA) is 41.6 Å². The van der Waals surface area contributed by atoms with E-state index in [-0.39, 0.29) is 5.91 Å². The molecule has 22 heavy (non-hydrogen) atoms. The largest absolute Gasteiger partial charge is 0.497 e. The first-order valence-electron chi connectivity index (χ1n) is 8.38. The number of hydrogen-bond acceptors (Lipinski definition) is 3. The van der Waals surface area contributed by atoms with Crippen molar-refractivity contribution in [3.63, 3.8) is 0 Å². The van der Waals surface area contributed by atoms with E-state index in [2.05, 4.69) is 10.2 Å². The molecule has 0 bridgehead atoms. The monoisotopic (exact) mass is 302 g/mol. The van der Waals surface area contributed by atoms with Gasteiger partial charge in [-0.3, -0.25) is 4.79 Å². The highest BCUT2D eigenvalue weighted by molar-refractivity contribution is 5.76. The molecule has 1 aromatic carbocycles. The third-order valence-electron chi connectivity index (χ3n) is 4.84. The fourth-order valence-corrected chi connectivity index (χ4v) is 3.24. The molecular weight excluding hydrogens is 276 g/mol. The highest BCUT2D eigenvalue weighted by Crippen LogP contribution is 2.31. The molecule has 3 rings (SSSR count). The maximum Gasteiger partial charge on any atom is 0.220 e. The summed E-state index contributed by atoms with van der Waals surface area (Å²) in [5.41, 5.74) is 1.11. The van der Waals surface area contributed by atoms with E-state index in [1.165, 1.54) is 38.8 Å². The summed E-state index contributed by atoms with van der Waals surface area (Å²) in [4.78, 5) is 14.7. The van der Waals surface area contributed by atoms with Crippen LogP contribution in [0.4, 0.5) is 0 Å². The molecule has 1 heterocycles. The third-order valence-corrected chi connectivity index (χ3v) is 4.84. The van der Waals surface area contributed by atoms with Crippen LogP contribution >= 0.6 is 0 Å². The summed E-state index contributed by atoms with van der Waals surface area (Å²) >= 11 is 0. The molecule has 0 radical (unpaired) electrons. The van der Waals surface area contributed by atoms with Crippen molar-refractivity contribution in [2.75, 3.05) is 20.2 Å². The molecule has 0 atom stereocenters. The van der Waals surface area contributed by atoms with E-state index in [0.29, 0.717) is 18.9 Å². The highest BCUT2D eigenvalue weighted by Gasteiger charge is 2.32. The number of nitrogens with zero attached hydrogens (tertiary/aromatic N) is 1. The molecule has 1 aromatic rings. The zero-order valence-corrected chi connectivity index (χ0v) is 13.4. The zero-order chi connectivity index (χ0) is 15.4. The number of carbonyl (C=O) groups is 1. The van der Waals surface area contributed by atoms with Crippen molar-refractivity contribution in [3.8, 4) is 5.75 Å². The van der Waals surface area contributed by atoms with Gasteiger partial charge in [0.15, 0.2) is 0 Å². The van der Waals surface area contributed by atoms with E-state index >= 15 is 0 Å². The lowest BCUT2D eigenvalue weighted by Gasteiger charge is -2.31. The lowest BCUT2D eigenvalue weighted by atomic mass is 9.93. The molecule has 2 aliphatic rings. The average Bonchev–Trinajstić information content (AvgIpc) is 3.39. The quantitative estimate of drug-likeness (QED) is 0.878. The van der Waals surface area contributed by atoms with Gasteiger partial charge in [0.25, 0.3) is 0 Å². The van der Waals surface area contributed by atoms with Crippen LogP contribution < -0.4 is 10.1 Å². The second-order valence-corrected chi connectivity index (χ2v) is 6.54. The van der Waals surface area contributed by atoms with Crippen LogP contribution in [0.25, 0.3) is 0 Å². The minimum absolute atomic E-state index is 0.181. The fourth-order valence-electron chi connectivity index (χ4n) is 3.24. The number of ether oxygens (including phenoxy) is 1. The maximum absolute atomic E-state index is 12.1. The number of hydrogen-bond donors (Lipinski definition) is 1. The Morgan fingerprint density at radius 3 is 2.45 bits per heavy atom. The Morgan fingerprint density at radius 2 is 1.86 bits per heavy atom. The lowest BCUT2D eigenvalue weighted by molar-refractivity contribution is -0.122. The number of carbonyl (C=O) groups excluding carboxylic acids is 1. The molecule has 4 heteroatoms. The van der Waals surface area contributed by atoms with Crippen LogP contribution in [0.3, 0.4) is 0 Å². The Hall–Kier alpha value is -1.55. The summed E-state index contributed by atoms with van der Waals surface area (Å²) in [5.74, 6) is 1.59. The predicted molar refractivity (Wildman–Crippen MR) is 86.8 cm³/mol. The first kappa shape index (κ1) is 15.3.